The SMILES string of the molecule is Br.Nc1ncnc2nc(NCCO)[nH]c12.O. The Hall–Kier alpha value is -1.45. The van der Waals surface area contributed by atoms with Crippen molar-refractivity contribution in [1.82, 2.24) is 19.9 Å². The van der Waals surface area contributed by atoms with Crippen LogP contribution in [0.15, 0.2) is 6.33 Å². The Morgan fingerprint density at radius 2 is 2.19 bits per heavy atom. The molecular weight excluding hydrogens is 280 g/mol. The lowest BCUT2D eigenvalue weighted by atomic mass is 10.5. The Kier molecular flexibility index (Phi) is 5.64. The second-order valence-corrected chi connectivity index (χ2v) is 2.69. The molecule has 0 unspecified atom stereocenters. The summed E-state index contributed by atoms with van der Waals surface area (Å²) in [5, 5.41) is 11.5. The minimum absolute atomic E-state index is 0. The van der Waals surface area contributed by atoms with E-state index in [1.54, 1.807) is 0 Å². The third-order valence-electron chi connectivity index (χ3n) is 1.72. The van der Waals surface area contributed by atoms with Crippen LogP contribution >= 0.6 is 17.0 Å². The predicted octanol–water partition coefficient (Wildman–Crippen LogP) is -0.908. The van der Waals surface area contributed by atoms with Gasteiger partial charge in [0, 0.05) is 6.54 Å². The van der Waals surface area contributed by atoms with Gasteiger partial charge in [-0.3, -0.25) is 0 Å². The largest absolute Gasteiger partial charge is 0.412 e. The van der Waals surface area contributed by atoms with Crippen molar-refractivity contribution >= 4 is 39.9 Å². The second kappa shape index (κ2) is 6.20. The zero-order valence-corrected chi connectivity index (χ0v) is 9.98. The minimum atomic E-state index is 0. The zero-order chi connectivity index (χ0) is 9.97. The molecular formula is C7H13BrN6O2. The summed E-state index contributed by atoms with van der Waals surface area (Å²) in [6.45, 7) is 0.464. The average molecular weight is 293 g/mol. The van der Waals surface area contributed by atoms with Gasteiger partial charge in [0.05, 0.1) is 6.61 Å². The maximum Gasteiger partial charge on any atom is 0.202 e. The number of nitrogen functional groups attached to an aromatic ring is 1. The van der Waals surface area contributed by atoms with Crippen molar-refractivity contribution in [2.24, 2.45) is 0 Å². The quantitative estimate of drug-likeness (QED) is 0.576. The van der Waals surface area contributed by atoms with Crippen molar-refractivity contribution in [3.8, 4) is 0 Å². The van der Waals surface area contributed by atoms with E-state index in [4.69, 9.17) is 10.8 Å². The van der Waals surface area contributed by atoms with Gasteiger partial charge in [0.15, 0.2) is 11.5 Å². The molecule has 0 radical (unpaired) electrons. The summed E-state index contributed by atoms with van der Waals surface area (Å²) >= 11 is 0. The number of hydrogen-bond donors (Lipinski definition) is 4. The van der Waals surface area contributed by atoms with Crippen LogP contribution in [-0.2, 0) is 0 Å². The number of anilines is 2. The fraction of sp³-hybridized carbons (Fsp3) is 0.286. The van der Waals surface area contributed by atoms with Crippen LogP contribution in [0.5, 0.6) is 0 Å². The molecule has 9 heteroatoms. The first-order chi connectivity index (χ1) is 6.81. The van der Waals surface area contributed by atoms with E-state index in [-0.39, 0.29) is 29.1 Å². The van der Waals surface area contributed by atoms with Crippen molar-refractivity contribution in [2.75, 3.05) is 24.2 Å². The highest BCUT2D eigenvalue weighted by molar-refractivity contribution is 8.93. The van der Waals surface area contributed by atoms with Gasteiger partial charge in [0.25, 0.3) is 0 Å². The van der Waals surface area contributed by atoms with Gasteiger partial charge < -0.3 is 26.6 Å². The molecule has 2 aromatic heterocycles. The summed E-state index contributed by atoms with van der Waals surface area (Å²) in [5.41, 5.74) is 6.72. The fourth-order valence-electron chi connectivity index (χ4n) is 1.10. The number of aromatic nitrogens is 4. The molecule has 0 bridgehead atoms. The molecule has 0 fully saturated rings. The van der Waals surface area contributed by atoms with Crippen LogP contribution in [-0.4, -0.2) is 43.7 Å². The smallest absolute Gasteiger partial charge is 0.202 e. The number of nitrogens with zero attached hydrogens (tertiary/aromatic N) is 3. The summed E-state index contributed by atoms with van der Waals surface area (Å²) in [7, 11) is 0. The molecule has 2 aromatic rings. The molecule has 2 heterocycles. The lowest BCUT2D eigenvalue weighted by molar-refractivity contribution is 0.311. The highest BCUT2D eigenvalue weighted by atomic mass is 79.9. The van der Waals surface area contributed by atoms with Crippen molar-refractivity contribution < 1.29 is 10.6 Å². The van der Waals surface area contributed by atoms with E-state index in [0.717, 1.165) is 0 Å². The van der Waals surface area contributed by atoms with Gasteiger partial charge in [-0.2, -0.15) is 4.98 Å². The zero-order valence-electron chi connectivity index (χ0n) is 8.27. The van der Waals surface area contributed by atoms with E-state index in [2.05, 4.69) is 25.3 Å². The highest BCUT2D eigenvalue weighted by Gasteiger charge is 2.05. The number of nitrogens with two attached hydrogens (primary N) is 1. The molecule has 0 aliphatic heterocycles. The van der Waals surface area contributed by atoms with E-state index in [1.165, 1.54) is 6.33 Å². The number of aromatic amines is 1. The van der Waals surface area contributed by atoms with Gasteiger partial charge in [0.1, 0.15) is 11.8 Å². The first-order valence-corrected chi connectivity index (χ1v) is 4.12. The average Bonchev–Trinajstić information content (AvgIpc) is 2.59. The van der Waals surface area contributed by atoms with Crippen LogP contribution in [0.4, 0.5) is 11.8 Å². The molecule has 0 saturated heterocycles. The molecule has 90 valence electrons. The Bertz CT molecular complexity index is 447. The number of halogens is 1. The van der Waals surface area contributed by atoms with E-state index in [0.29, 0.717) is 29.5 Å². The number of nitrogens with one attached hydrogen (secondary N) is 2. The number of hydrogen-bond acceptors (Lipinski definition) is 6. The molecule has 0 spiro atoms. The molecule has 0 aliphatic rings. The molecule has 0 aromatic carbocycles. The van der Waals surface area contributed by atoms with Gasteiger partial charge >= 0.3 is 0 Å². The first-order valence-electron chi connectivity index (χ1n) is 4.12. The van der Waals surface area contributed by atoms with Crippen LogP contribution in [0, 0.1) is 0 Å². The Morgan fingerprint density at radius 3 is 2.81 bits per heavy atom. The Labute approximate surface area is 101 Å². The molecule has 16 heavy (non-hydrogen) atoms. The molecule has 7 N–H and O–H groups in total. The van der Waals surface area contributed by atoms with Gasteiger partial charge in [0.2, 0.25) is 5.95 Å². The normalized spacial score (nSPS) is 9.31. The maximum atomic E-state index is 8.60. The van der Waals surface area contributed by atoms with E-state index >= 15 is 0 Å². The van der Waals surface area contributed by atoms with Crippen LogP contribution < -0.4 is 11.1 Å². The van der Waals surface area contributed by atoms with E-state index < -0.39 is 0 Å². The molecule has 0 atom stereocenters. The van der Waals surface area contributed by atoms with Crippen LogP contribution in [0.1, 0.15) is 0 Å². The molecule has 0 amide bonds. The van der Waals surface area contributed by atoms with E-state index in [9.17, 15) is 0 Å². The number of H-pyrrole nitrogens is 1. The predicted molar refractivity (Wildman–Crippen MR) is 65.6 cm³/mol. The van der Waals surface area contributed by atoms with E-state index in [1.807, 2.05) is 0 Å². The Morgan fingerprint density at radius 1 is 1.44 bits per heavy atom. The summed E-state index contributed by atoms with van der Waals surface area (Å²) in [6.07, 6.45) is 1.36. The summed E-state index contributed by atoms with van der Waals surface area (Å²) in [4.78, 5) is 14.8. The topological polar surface area (TPSA) is 144 Å². The number of rotatable bonds is 3. The second-order valence-electron chi connectivity index (χ2n) is 2.69. The summed E-state index contributed by atoms with van der Waals surface area (Å²) in [5.74, 6) is 0.890. The van der Waals surface area contributed by atoms with Crippen molar-refractivity contribution in [3.63, 3.8) is 0 Å². The van der Waals surface area contributed by atoms with Crippen molar-refractivity contribution in [3.05, 3.63) is 6.33 Å². The fourth-order valence-corrected chi connectivity index (χ4v) is 1.10. The van der Waals surface area contributed by atoms with Crippen LogP contribution in [0.3, 0.4) is 0 Å². The molecule has 0 saturated carbocycles. The molecule has 2 rings (SSSR count). The lowest BCUT2D eigenvalue weighted by Gasteiger charge is -1.96. The third-order valence-corrected chi connectivity index (χ3v) is 1.72. The summed E-state index contributed by atoms with van der Waals surface area (Å²) < 4.78 is 0. The number of imidazole rings is 1. The first kappa shape index (κ1) is 14.6. The maximum absolute atomic E-state index is 8.60. The van der Waals surface area contributed by atoms with Crippen LogP contribution in [0.25, 0.3) is 11.2 Å². The minimum Gasteiger partial charge on any atom is -0.412 e. The van der Waals surface area contributed by atoms with Gasteiger partial charge in [-0.25, -0.2) is 9.97 Å². The monoisotopic (exact) mass is 292 g/mol. The third kappa shape index (κ3) is 2.78. The molecule has 8 nitrogen and oxygen atoms in total. The van der Waals surface area contributed by atoms with Gasteiger partial charge in [-0.05, 0) is 0 Å². The van der Waals surface area contributed by atoms with Crippen molar-refractivity contribution in [2.45, 2.75) is 0 Å². The number of aliphatic hydroxyl groups excluding tert-OH is 1. The molecule has 0 aliphatic carbocycles. The number of fused-ring (bicyclic) bond motifs is 1. The highest BCUT2D eigenvalue weighted by Crippen LogP contribution is 2.15. The van der Waals surface area contributed by atoms with Crippen LogP contribution in [0.2, 0.25) is 0 Å². The number of aliphatic hydroxyl groups is 1. The van der Waals surface area contributed by atoms with Gasteiger partial charge in [-0.15, -0.1) is 17.0 Å². The summed E-state index contributed by atoms with van der Waals surface area (Å²) in [6, 6.07) is 0. The van der Waals surface area contributed by atoms with Gasteiger partial charge in [-0.1, -0.05) is 0 Å². The lowest BCUT2D eigenvalue weighted by Crippen LogP contribution is -2.06. The Balaban J connectivity index is 0.00000112. The van der Waals surface area contributed by atoms with Crippen molar-refractivity contribution in [1.29, 1.82) is 0 Å². The standard InChI is InChI=1S/C7H10N6O.BrH.H2O/c8-5-4-6(11-3-10-5)13-7(12-4)9-1-2-14;;/h3,14H,1-2H2,(H4,8,9,10,11,12,13);1H;1H2.